The van der Waals surface area contributed by atoms with E-state index < -0.39 is 0 Å². The monoisotopic (exact) mass is 582 g/mol. The van der Waals surface area contributed by atoms with Crippen molar-refractivity contribution in [3.63, 3.8) is 0 Å². The third-order valence-corrected chi connectivity index (χ3v) is 10.4. The second-order valence-electron chi connectivity index (χ2n) is 12.8. The zero-order valence-corrected chi connectivity index (χ0v) is 25.4. The summed E-state index contributed by atoms with van der Waals surface area (Å²) in [7, 11) is 0. The second-order valence-corrected chi connectivity index (χ2v) is 12.8. The van der Waals surface area contributed by atoms with E-state index in [1.54, 1.807) is 0 Å². The number of fused-ring (bicyclic) bond motifs is 11. The van der Waals surface area contributed by atoms with E-state index in [0.717, 1.165) is 6.42 Å². The summed E-state index contributed by atoms with van der Waals surface area (Å²) in [5, 5.41) is 10.6. The van der Waals surface area contributed by atoms with Gasteiger partial charge < -0.3 is 0 Å². The Labute approximate surface area is 268 Å². The molecule has 214 valence electrons. The normalized spacial score (nSPS) is 15.1. The largest absolute Gasteiger partial charge is 0.0801 e. The van der Waals surface area contributed by atoms with Crippen molar-refractivity contribution >= 4 is 48.7 Å². The molecule has 0 saturated carbocycles. The molecule has 2 aliphatic carbocycles. The molecule has 1 unspecified atom stereocenters. The molecule has 1 atom stereocenters. The van der Waals surface area contributed by atoms with Gasteiger partial charge in [-0.15, -0.1) is 0 Å². The third kappa shape index (κ3) is 3.68. The van der Waals surface area contributed by atoms with E-state index in [2.05, 4.69) is 164 Å². The van der Waals surface area contributed by atoms with Crippen LogP contribution in [0.1, 0.15) is 34.6 Å². The summed E-state index contributed by atoms with van der Waals surface area (Å²) in [4.78, 5) is 0. The van der Waals surface area contributed by atoms with E-state index in [4.69, 9.17) is 0 Å². The lowest BCUT2D eigenvalue weighted by Gasteiger charge is -2.19. The van der Waals surface area contributed by atoms with Crippen LogP contribution in [0.25, 0.3) is 70.9 Å². The van der Waals surface area contributed by atoms with Gasteiger partial charge in [0.05, 0.1) is 0 Å². The molecule has 0 saturated heterocycles. The standard InChI is InChI=1S/C46H30/c1-2-12-30(11-1)42-28-33-26-25-32(27-43(33)37-16-4-3-15-36(37)42)29-21-23-31(24-22-29)44-40-19-9-10-20-41(40)45-38-17-7-5-13-34(38)35-14-6-8-18-39(35)46(44)45/h1-11,13-28,44H,12H2. The maximum absolute atomic E-state index is 2.39. The highest BCUT2D eigenvalue weighted by Crippen LogP contribution is 2.54. The third-order valence-electron chi connectivity index (χ3n) is 10.4. The molecule has 0 fully saturated rings. The van der Waals surface area contributed by atoms with Gasteiger partial charge in [-0.3, -0.25) is 0 Å². The van der Waals surface area contributed by atoms with Gasteiger partial charge in [0.25, 0.3) is 0 Å². The van der Waals surface area contributed by atoms with Crippen LogP contribution in [0.2, 0.25) is 0 Å². The van der Waals surface area contributed by atoms with Crippen LogP contribution in [0.5, 0.6) is 0 Å². The van der Waals surface area contributed by atoms with Gasteiger partial charge in [0.2, 0.25) is 0 Å². The highest BCUT2D eigenvalue weighted by molar-refractivity contribution is 6.18. The van der Waals surface area contributed by atoms with Crippen LogP contribution < -0.4 is 0 Å². The van der Waals surface area contributed by atoms with Gasteiger partial charge in [-0.2, -0.15) is 0 Å². The van der Waals surface area contributed by atoms with Gasteiger partial charge in [0.15, 0.2) is 0 Å². The highest BCUT2D eigenvalue weighted by Gasteiger charge is 2.33. The van der Waals surface area contributed by atoms with Crippen LogP contribution in [0.4, 0.5) is 0 Å². The number of benzene rings is 8. The fourth-order valence-electron chi connectivity index (χ4n) is 8.30. The molecule has 0 aliphatic heterocycles. The summed E-state index contributed by atoms with van der Waals surface area (Å²) < 4.78 is 0. The minimum absolute atomic E-state index is 0.188. The van der Waals surface area contributed by atoms with Crippen molar-refractivity contribution in [3.8, 4) is 22.3 Å². The maximum atomic E-state index is 2.39. The van der Waals surface area contributed by atoms with Crippen molar-refractivity contribution in [3.05, 3.63) is 186 Å². The lowest BCUT2D eigenvalue weighted by Crippen LogP contribution is -2.00. The van der Waals surface area contributed by atoms with Crippen LogP contribution in [0.3, 0.4) is 0 Å². The van der Waals surface area contributed by atoms with Crippen molar-refractivity contribution in [2.75, 3.05) is 0 Å². The minimum atomic E-state index is 0.188. The molecule has 0 nitrogen and oxygen atoms in total. The Kier molecular flexibility index (Phi) is 5.50. The summed E-state index contributed by atoms with van der Waals surface area (Å²) >= 11 is 0. The van der Waals surface area contributed by atoms with Crippen molar-refractivity contribution in [2.45, 2.75) is 12.3 Å². The first-order valence-electron chi connectivity index (χ1n) is 16.3. The van der Waals surface area contributed by atoms with Crippen molar-refractivity contribution in [1.29, 1.82) is 0 Å². The Balaban J connectivity index is 1.12. The highest BCUT2D eigenvalue weighted by atomic mass is 14.4. The average Bonchev–Trinajstić information content (AvgIpc) is 3.79. The maximum Gasteiger partial charge on any atom is 0.0358 e. The number of hydrogen-bond acceptors (Lipinski definition) is 0. The fourth-order valence-corrected chi connectivity index (χ4v) is 8.30. The molecule has 8 aromatic carbocycles. The van der Waals surface area contributed by atoms with Crippen LogP contribution in [-0.4, -0.2) is 0 Å². The smallest absolute Gasteiger partial charge is 0.0358 e. The Morgan fingerprint density at radius 1 is 0.457 bits per heavy atom. The van der Waals surface area contributed by atoms with E-state index in [9.17, 15) is 0 Å². The average molecular weight is 583 g/mol. The zero-order chi connectivity index (χ0) is 30.2. The van der Waals surface area contributed by atoms with Gasteiger partial charge in [0.1, 0.15) is 0 Å². The van der Waals surface area contributed by atoms with E-state index >= 15 is 0 Å². The van der Waals surface area contributed by atoms with Crippen molar-refractivity contribution < 1.29 is 0 Å². The number of hydrogen-bond donors (Lipinski definition) is 0. The van der Waals surface area contributed by atoms with E-state index in [1.165, 1.54) is 93.2 Å². The first-order chi connectivity index (χ1) is 22.8. The fraction of sp³-hybridized carbons (Fsp3) is 0.0435. The molecule has 0 heterocycles. The lowest BCUT2D eigenvalue weighted by atomic mass is 9.84. The SMILES string of the molecule is C1=CCC(c2cc3ccc(-c4ccc(C5c6ccccc6-c6c5c5ccccc5c5ccccc65)cc4)cc3c3ccccc23)=C1. The molecule has 0 N–H and O–H groups in total. The zero-order valence-electron chi connectivity index (χ0n) is 25.4. The van der Waals surface area contributed by atoms with Crippen molar-refractivity contribution in [1.82, 2.24) is 0 Å². The van der Waals surface area contributed by atoms with E-state index in [-0.39, 0.29) is 5.92 Å². The summed E-state index contributed by atoms with van der Waals surface area (Å²) in [6.07, 6.45) is 7.68. The first-order valence-corrected chi connectivity index (χ1v) is 16.3. The summed E-state index contributed by atoms with van der Waals surface area (Å²) in [6.45, 7) is 0. The Bertz CT molecular complexity index is 2590. The van der Waals surface area contributed by atoms with Crippen LogP contribution >= 0.6 is 0 Å². The number of rotatable bonds is 3. The molecule has 0 bridgehead atoms. The Hall–Kier alpha value is -5.72. The summed E-state index contributed by atoms with van der Waals surface area (Å²) in [5.74, 6) is 0.188. The molecule has 0 radical (unpaired) electrons. The van der Waals surface area contributed by atoms with E-state index in [0.29, 0.717) is 0 Å². The van der Waals surface area contributed by atoms with Gasteiger partial charge in [0, 0.05) is 5.92 Å². The molecule has 0 aromatic heterocycles. The molecule has 2 aliphatic rings. The van der Waals surface area contributed by atoms with Gasteiger partial charge in [-0.25, -0.2) is 0 Å². The summed E-state index contributed by atoms with van der Waals surface area (Å²) in [5.41, 5.74) is 12.2. The number of allylic oxidation sites excluding steroid dienone is 4. The first kappa shape index (κ1) is 25.6. The molecule has 0 heteroatoms. The predicted octanol–water partition coefficient (Wildman–Crippen LogP) is 12.5. The molecule has 46 heavy (non-hydrogen) atoms. The topological polar surface area (TPSA) is 0 Å². The minimum Gasteiger partial charge on any atom is -0.0801 e. The van der Waals surface area contributed by atoms with Gasteiger partial charge in [-0.05, 0) is 112 Å². The predicted molar refractivity (Wildman–Crippen MR) is 196 cm³/mol. The summed E-state index contributed by atoms with van der Waals surface area (Å²) in [6, 6.07) is 54.5. The van der Waals surface area contributed by atoms with Gasteiger partial charge in [-0.1, -0.05) is 152 Å². The molecule has 0 spiro atoms. The quantitative estimate of drug-likeness (QED) is 0.182. The lowest BCUT2D eigenvalue weighted by molar-refractivity contribution is 1.03. The Morgan fingerprint density at radius 3 is 1.85 bits per heavy atom. The molecule has 10 rings (SSSR count). The Morgan fingerprint density at radius 2 is 1.09 bits per heavy atom. The van der Waals surface area contributed by atoms with E-state index in [1.807, 2.05) is 0 Å². The van der Waals surface area contributed by atoms with Crippen LogP contribution in [-0.2, 0) is 0 Å². The van der Waals surface area contributed by atoms with Gasteiger partial charge >= 0.3 is 0 Å². The molecule has 8 aromatic rings. The van der Waals surface area contributed by atoms with Crippen LogP contribution in [0, 0.1) is 0 Å². The van der Waals surface area contributed by atoms with Crippen molar-refractivity contribution in [2.24, 2.45) is 0 Å². The molecule has 0 amide bonds. The molecular formula is C46H30. The molecular weight excluding hydrogens is 553 g/mol. The second kappa shape index (κ2) is 9.89. The van der Waals surface area contributed by atoms with Crippen LogP contribution in [0.15, 0.2) is 164 Å².